The number of amides is 2. The van der Waals surface area contributed by atoms with Crippen LogP contribution in [-0.2, 0) is 15.5 Å². The molecule has 0 spiro atoms. The van der Waals surface area contributed by atoms with Crippen molar-refractivity contribution in [1.82, 2.24) is 0 Å². The lowest BCUT2D eigenvalue weighted by Gasteiger charge is -2.26. The Kier molecular flexibility index (Phi) is 9.04. The van der Waals surface area contributed by atoms with Gasteiger partial charge >= 0.3 is 6.09 Å². The Morgan fingerprint density at radius 3 is 2.11 bits per heavy atom. The van der Waals surface area contributed by atoms with Gasteiger partial charge in [0.25, 0.3) is 5.91 Å². The number of ether oxygens (including phenoxy) is 1. The Labute approximate surface area is 224 Å². The predicted molar refractivity (Wildman–Crippen MR) is 156 cm³/mol. The molecule has 0 aliphatic carbocycles. The fraction of sp³-hybridized carbons (Fsp3) is 0.379. The topological polar surface area (TPSA) is 84.5 Å². The zero-order valence-electron chi connectivity index (χ0n) is 22.6. The molecule has 0 radical (unpaired) electrons. The van der Waals surface area contributed by atoms with Crippen LogP contribution in [0.5, 0.6) is 0 Å². The Morgan fingerprint density at radius 1 is 0.919 bits per heavy atom. The molecule has 0 saturated heterocycles. The van der Waals surface area contributed by atoms with Crippen molar-refractivity contribution in [2.75, 3.05) is 10.6 Å². The number of nitrogens with one attached hydrogen (secondary N) is 2. The van der Waals surface area contributed by atoms with Crippen LogP contribution in [0.15, 0.2) is 60.0 Å². The van der Waals surface area contributed by atoms with Crippen molar-refractivity contribution in [3.8, 4) is 10.4 Å². The Hall–Kier alpha value is -2.89. The quantitative estimate of drug-likeness (QED) is 0.280. The van der Waals surface area contributed by atoms with E-state index in [1.165, 1.54) is 0 Å². The van der Waals surface area contributed by atoms with Crippen LogP contribution in [0, 0.1) is 0 Å². The van der Waals surface area contributed by atoms with Gasteiger partial charge in [-0.2, -0.15) is 0 Å². The second kappa shape index (κ2) is 11.7. The standard InChI is InChI=1S/C29H37N2O4PS/c1-19(2)36(34,20(3)4)18-21-10-12-22(13-11-21)27(32)30-25-17-23(26-9-8-16-37-26)14-15-24(25)31-28(33)35-29(5,6)7/h8-17,19-20H,18H2,1-7H3,(H,30,32)(H,31,33). The molecule has 6 nitrogen and oxygen atoms in total. The molecule has 0 fully saturated rings. The van der Waals surface area contributed by atoms with Crippen molar-refractivity contribution in [2.45, 2.75) is 71.5 Å². The van der Waals surface area contributed by atoms with Gasteiger partial charge in [-0.15, -0.1) is 11.3 Å². The number of rotatable bonds is 8. The SMILES string of the molecule is CC(C)P(=O)(Cc1ccc(C(=O)Nc2cc(-c3cccs3)ccc2NC(=O)OC(C)(C)C)cc1)C(C)C. The molecule has 2 aromatic carbocycles. The Bertz CT molecular complexity index is 1260. The highest BCUT2D eigenvalue weighted by atomic mass is 32.1. The molecule has 8 heteroatoms. The number of hydrogen-bond donors (Lipinski definition) is 2. The van der Waals surface area contributed by atoms with Crippen LogP contribution < -0.4 is 10.6 Å². The fourth-order valence-corrected chi connectivity index (χ4v) is 7.40. The molecule has 1 aromatic heterocycles. The summed E-state index contributed by atoms with van der Waals surface area (Å²) in [4.78, 5) is 26.7. The summed E-state index contributed by atoms with van der Waals surface area (Å²) in [5.74, 6) is -0.307. The maximum Gasteiger partial charge on any atom is 0.412 e. The maximum atomic E-state index is 13.5. The summed E-state index contributed by atoms with van der Waals surface area (Å²) >= 11 is 1.59. The molecular formula is C29H37N2O4PS. The summed E-state index contributed by atoms with van der Waals surface area (Å²) in [5.41, 5.74) is 2.80. The van der Waals surface area contributed by atoms with Crippen LogP contribution in [0.25, 0.3) is 10.4 Å². The first-order valence-corrected chi connectivity index (χ1v) is 15.4. The van der Waals surface area contributed by atoms with Crippen LogP contribution >= 0.6 is 18.5 Å². The van der Waals surface area contributed by atoms with Crippen LogP contribution in [0.2, 0.25) is 0 Å². The number of carbonyl (C=O) groups excluding carboxylic acids is 2. The summed E-state index contributed by atoms with van der Waals surface area (Å²) in [6, 6.07) is 16.7. The van der Waals surface area contributed by atoms with Crippen molar-refractivity contribution >= 4 is 41.9 Å². The fourth-order valence-electron chi connectivity index (χ4n) is 3.97. The van der Waals surface area contributed by atoms with Crippen molar-refractivity contribution < 1.29 is 18.9 Å². The van der Waals surface area contributed by atoms with Gasteiger partial charge in [-0.05, 0) is 67.6 Å². The van der Waals surface area contributed by atoms with E-state index in [4.69, 9.17) is 4.74 Å². The molecule has 0 atom stereocenters. The molecule has 0 saturated carbocycles. The molecule has 0 bridgehead atoms. The van der Waals surface area contributed by atoms with E-state index in [0.29, 0.717) is 23.1 Å². The molecule has 198 valence electrons. The summed E-state index contributed by atoms with van der Waals surface area (Å²) in [6.07, 6.45) is -0.0900. The maximum absolute atomic E-state index is 13.5. The Morgan fingerprint density at radius 2 is 1.57 bits per heavy atom. The van der Waals surface area contributed by atoms with Gasteiger partial charge in [-0.25, -0.2) is 4.79 Å². The molecule has 1 heterocycles. The summed E-state index contributed by atoms with van der Waals surface area (Å²) in [5, 5.41) is 7.68. The molecule has 0 aliphatic heterocycles. The monoisotopic (exact) mass is 540 g/mol. The van der Waals surface area contributed by atoms with E-state index < -0.39 is 18.8 Å². The molecule has 2 amide bonds. The number of hydrogen-bond acceptors (Lipinski definition) is 5. The lowest BCUT2D eigenvalue weighted by atomic mass is 10.1. The molecule has 0 aliphatic rings. The van der Waals surface area contributed by atoms with Crippen LogP contribution in [0.3, 0.4) is 0 Å². The highest BCUT2D eigenvalue weighted by molar-refractivity contribution is 7.64. The van der Waals surface area contributed by atoms with Crippen molar-refractivity contribution in [3.63, 3.8) is 0 Å². The molecule has 2 N–H and O–H groups in total. The van der Waals surface area contributed by atoms with E-state index in [9.17, 15) is 14.2 Å². The predicted octanol–water partition coefficient (Wildman–Crippen LogP) is 8.69. The minimum Gasteiger partial charge on any atom is -0.444 e. The van der Waals surface area contributed by atoms with Gasteiger partial charge in [-0.1, -0.05) is 52.0 Å². The highest BCUT2D eigenvalue weighted by Crippen LogP contribution is 2.57. The van der Waals surface area contributed by atoms with Gasteiger partial charge in [0, 0.05) is 27.9 Å². The molecule has 3 aromatic rings. The van der Waals surface area contributed by atoms with E-state index in [1.807, 2.05) is 69.5 Å². The smallest absolute Gasteiger partial charge is 0.412 e. The number of benzene rings is 2. The van der Waals surface area contributed by atoms with Gasteiger partial charge in [0.15, 0.2) is 0 Å². The second-order valence-corrected chi connectivity index (χ2v) is 15.8. The van der Waals surface area contributed by atoms with Gasteiger partial charge in [-0.3, -0.25) is 10.1 Å². The molecule has 3 rings (SSSR count). The average Bonchev–Trinajstić information content (AvgIpc) is 3.34. The first-order valence-electron chi connectivity index (χ1n) is 12.4. The third kappa shape index (κ3) is 7.56. The van der Waals surface area contributed by atoms with E-state index >= 15 is 0 Å². The van der Waals surface area contributed by atoms with E-state index in [2.05, 4.69) is 10.6 Å². The van der Waals surface area contributed by atoms with E-state index in [1.54, 1.807) is 50.3 Å². The number of anilines is 2. The van der Waals surface area contributed by atoms with Crippen molar-refractivity contribution in [1.29, 1.82) is 0 Å². The van der Waals surface area contributed by atoms with Crippen molar-refractivity contribution in [2.24, 2.45) is 0 Å². The Balaban J connectivity index is 1.84. The number of carbonyl (C=O) groups is 2. The third-order valence-electron chi connectivity index (χ3n) is 6.10. The molecule has 0 unspecified atom stereocenters. The highest BCUT2D eigenvalue weighted by Gasteiger charge is 2.30. The van der Waals surface area contributed by atoms with Crippen LogP contribution in [0.1, 0.15) is 64.4 Å². The minimum atomic E-state index is -2.40. The second-order valence-electron chi connectivity index (χ2n) is 10.7. The first kappa shape index (κ1) is 28.7. The van der Waals surface area contributed by atoms with Gasteiger partial charge < -0.3 is 14.6 Å². The summed E-state index contributed by atoms with van der Waals surface area (Å²) < 4.78 is 18.9. The first-order chi connectivity index (χ1) is 17.3. The molecule has 37 heavy (non-hydrogen) atoms. The average molecular weight is 541 g/mol. The largest absolute Gasteiger partial charge is 0.444 e. The van der Waals surface area contributed by atoms with Gasteiger partial charge in [0.1, 0.15) is 5.60 Å². The summed E-state index contributed by atoms with van der Waals surface area (Å²) in [7, 11) is -2.40. The van der Waals surface area contributed by atoms with E-state index in [-0.39, 0.29) is 17.2 Å². The normalized spacial score (nSPS) is 12.0. The summed E-state index contributed by atoms with van der Waals surface area (Å²) in [6.45, 7) is 13.4. The zero-order valence-corrected chi connectivity index (χ0v) is 24.3. The minimum absolute atomic E-state index is 0.0991. The van der Waals surface area contributed by atoms with E-state index in [0.717, 1.165) is 16.0 Å². The van der Waals surface area contributed by atoms with Crippen molar-refractivity contribution in [3.05, 3.63) is 71.1 Å². The van der Waals surface area contributed by atoms with Gasteiger partial charge in [0.2, 0.25) is 0 Å². The third-order valence-corrected chi connectivity index (χ3v) is 11.4. The lowest BCUT2D eigenvalue weighted by molar-refractivity contribution is 0.0635. The molecular weight excluding hydrogens is 503 g/mol. The zero-order chi connectivity index (χ0) is 27.4. The van der Waals surface area contributed by atoms with Crippen LogP contribution in [-0.4, -0.2) is 28.9 Å². The van der Waals surface area contributed by atoms with Gasteiger partial charge in [0.05, 0.1) is 18.5 Å². The lowest BCUT2D eigenvalue weighted by Crippen LogP contribution is -2.27. The number of thiophene rings is 1. The van der Waals surface area contributed by atoms with Crippen LogP contribution in [0.4, 0.5) is 16.2 Å².